The number of benzene rings is 1. The fourth-order valence-corrected chi connectivity index (χ4v) is 2.73. The lowest BCUT2D eigenvalue weighted by molar-refractivity contribution is -0.117. The Hall–Kier alpha value is -2.36. The third-order valence-corrected chi connectivity index (χ3v) is 3.61. The molecule has 4 nitrogen and oxygen atoms in total. The number of hydrogen-bond donors (Lipinski definition) is 1. The molecule has 0 saturated carbocycles. The summed E-state index contributed by atoms with van der Waals surface area (Å²) in [4.78, 5) is 18.1. The molecule has 1 aromatic carbocycles. The van der Waals surface area contributed by atoms with E-state index in [9.17, 15) is 4.79 Å². The molecule has 0 unspecified atom stereocenters. The minimum absolute atomic E-state index is 0.193. The Morgan fingerprint density at radius 1 is 1.25 bits per heavy atom. The van der Waals surface area contributed by atoms with Crippen molar-refractivity contribution in [2.75, 3.05) is 17.2 Å². The van der Waals surface area contributed by atoms with Crippen molar-refractivity contribution in [1.82, 2.24) is 4.98 Å². The van der Waals surface area contributed by atoms with Gasteiger partial charge in [0.15, 0.2) is 0 Å². The van der Waals surface area contributed by atoms with Crippen LogP contribution in [0.3, 0.4) is 0 Å². The first-order chi connectivity index (χ1) is 9.72. The summed E-state index contributed by atoms with van der Waals surface area (Å²) in [6.07, 6.45) is 4.89. The molecule has 2 N–H and O–H groups in total. The lowest BCUT2D eigenvalue weighted by Crippen LogP contribution is -2.24. The average molecular weight is 267 g/mol. The van der Waals surface area contributed by atoms with Crippen molar-refractivity contribution in [1.29, 1.82) is 0 Å². The number of rotatable bonds is 3. The van der Waals surface area contributed by atoms with E-state index in [1.807, 2.05) is 47.5 Å². The van der Waals surface area contributed by atoms with Crippen LogP contribution in [0.15, 0.2) is 48.8 Å². The molecule has 4 heteroatoms. The van der Waals surface area contributed by atoms with Crippen LogP contribution in [0.25, 0.3) is 0 Å². The normalized spacial score (nSPS) is 18.5. The number of nitrogens with zero attached hydrogens (tertiary/aromatic N) is 2. The molecule has 0 radical (unpaired) electrons. The second-order valence-electron chi connectivity index (χ2n) is 5.24. The second-order valence-corrected chi connectivity index (χ2v) is 5.24. The Morgan fingerprint density at radius 3 is 2.80 bits per heavy atom. The maximum Gasteiger partial charge on any atom is 0.227 e. The van der Waals surface area contributed by atoms with Gasteiger partial charge in [0.05, 0.1) is 5.69 Å². The van der Waals surface area contributed by atoms with E-state index in [1.165, 1.54) is 0 Å². The number of pyridine rings is 1. The van der Waals surface area contributed by atoms with Crippen LogP contribution >= 0.6 is 0 Å². The van der Waals surface area contributed by atoms with E-state index in [4.69, 9.17) is 5.73 Å². The molecule has 2 heterocycles. The van der Waals surface area contributed by atoms with Crippen molar-refractivity contribution in [3.05, 3.63) is 54.4 Å². The van der Waals surface area contributed by atoms with Crippen LogP contribution in [0.1, 0.15) is 12.0 Å². The number of aromatic nitrogens is 1. The Bertz CT molecular complexity index is 612. The number of amides is 1. The zero-order chi connectivity index (χ0) is 13.9. The molecule has 1 saturated heterocycles. The topological polar surface area (TPSA) is 59.2 Å². The molecular formula is C16H17N3O. The molecule has 3 rings (SSSR count). The van der Waals surface area contributed by atoms with Crippen molar-refractivity contribution in [3.63, 3.8) is 0 Å². The summed E-state index contributed by atoms with van der Waals surface area (Å²) in [6.45, 7) is 0.762. The predicted octanol–water partition coefficient (Wildman–Crippen LogP) is 2.26. The van der Waals surface area contributed by atoms with E-state index >= 15 is 0 Å². The first kappa shape index (κ1) is 12.7. The fraction of sp³-hybridized carbons (Fsp3) is 0.250. The number of carbonyl (C=O) groups is 1. The van der Waals surface area contributed by atoms with Gasteiger partial charge in [-0.1, -0.05) is 18.2 Å². The van der Waals surface area contributed by atoms with E-state index in [-0.39, 0.29) is 5.91 Å². The third kappa shape index (κ3) is 2.64. The van der Waals surface area contributed by atoms with Gasteiger partial charge in [-0.25, -0.2) is 0 Å². The van der Waals surface area contributed by atoms with Crippen LogP contribution in [0, 0.1) is 5.92 Å². The van der Waals surface area contributed by atoms with Gasteiger partial charge in [0.25, 0.3) is 0 Å². The van der Waals surface area contributed by atoms with Gasteiger partial charge in [-0.15, -0.1) is 0 Å². The highest BCUT2D eigenvalue weighted by Gasteiger charge is 2.30. The molecular weight excluding hydrogens is 250 g/mol. The first-order valence-electron chi connectivity index (χ1n) is 6.77. The molecule has 0 spiro atoms. The standard InChI is InChI=1S/C16H17N3O/c17-14-7-12(9-18-10-14)6-13-8-16(20)19(11-13)15-4-2-1-3-5-15/h1-5,7,9-10,13H,6,8,11,17H2/t13-/m1/s1. The number of anilines is 2. The molecule has 1 aromatic heterocycles. The predicted molar refractivity (Wildman–Crippen MR) is 79.3 cm³/mol. The minimum atomic E-state index is 0.193. The highest BCUT2D eigenvalue weighted by molar-refractivity contribution is 5.95. The summed E-state index contributed by atoms with van der Waals surface area (Å²) < 4.78 is 0. The SMILES string of the molecule is Nc1cncc(C[C@@H]2CC(=O)N(c3ccccc3)C2)c1. The highest BCUT2D eigenvalue weighted by Crippen LogP contribution is 2.27. The summed E-state index contributed by atoms with van der Waals surface area (Å²) in [5.41, 5.74) is 8.48. The summed E-state index contributed by atoms with van der Waals surface area (Å²) in [7, 11) is 0. The van der Waals surface area contributed by atoms with Crippen molar-refractivity contribution in [2.45, 2.75) is 12.8 Å². The average Bonchev–Trinajstić information content (AvgIpc) is 2.80. The molecule has 1 atom stereocenters. The zero-order valence-electron chi connectivity index (χ0n) is 11.2. The van der Waals surface area contributed by atoms with Crippen LogP contribution < -0.4 is 10.6 Å². The van der Waals surface area contributed by atoms with Crippen molar-refractivity contribution >= 4 is 17.3 Å². The first-order valence-corrected chi connectivity index (χ1v) is 6.77. The van der Waals surface area contributed by atoms with E-state index in [0.29, 0.717) is 18.0 Å². The third-order valence-electron chi connectivity index (χ3n) is 3.61. The lowest BCUT2D eigenvalue weighted by Gasteiger charge is -2.16. The van der Waals surface area contributed by atoms with E-state index in [1.54, 1.807) is 6.20 Å². The molecule has 1 aliphatic rings. The maximum atomic E-state index is 12.1. The van der Waals surface area contributed by atoms with Gasteiger partial charge in [-0.2, -0.15) is 0 Å². The summed E-state index contributed by atoms with van der Waals surface area (Å²) in [5, 5.41) is 0. The van der Waals surface area contributed by atoms with Crippen LogP contribution in [0.2, 0.25) is 0 Å². The number of nitrogen functional groups attached to an aromatic ring is 1. The molecule has 2 aromatic rings. The van der Waals surface area contributed by atoms with Gasteiger partial charge >= 0.3 is 0 Å². The Kier molecular flexibility index (Phi) is 3.37. The van der Waals surface area contributed by atoms with Gasteiger partial charge in [0.1, 0.15) is 0 Å². The van der Waals surface area contributed by atoms with Gasteiger partial charge < -0.3 is 10.6 Å². The monoisotopic (exact) mass is 267 g/mol. The van der Waals surface area contributed by atoms with E-state index < -0.39 is 0 Å². The van der Waals surface area contributed by atoms with Crippen molar-refractivity contribution in [3.8, 4) is 0 Å². The van der Waals surface area contributed by atoms with Crippen molar-refractivity contribution in [2.24, 2.45) is 5.92 Å². The number of nitrogens with two attached hydrogens (primary N) is 1. The van der Waals surface area contributed by atoms with Gasteiger partial charge in [-0.3, -0.25) is 9.78 Å². The van der Waals surface area contributed by atoms with Crippen molar-refractivity contribution < 1.29 is 4.79 Å². The van der Waals surface area contributed by atoms with E-state index in [2.05, 4.69) is 4.98 Å². The molecule has 1 amide bonds. The van der Waals surface area contributed by atoms with Crippen LogP contribution in [0.5, 0.6) is 0 Å². The highest BCUT2D eigenvalue weighted by atomic mass is 16.2. The van der Waals surface area contributed by atoms with Crippen LogP contribution in [-0.4, -0.2) is 17.4 Å². The summed E-state index contributed by atoms with van der Waals surface area (Å²) in [6, 6.07) is 11.8. The summed E-state index contributed by atoms with van der Waals surface area (Å²) >= 11 is 0. The quantitative estimate of drug-likeness (QED) is 0.928. The number of hydrogen-bond acceptors (Lipinski definition) is 3. The molecule has 20 heavy (non-hydrogen) atoms. The van der Waals surface area contributed by atoms with Crippen LogP contribution in [0.4, 0.5) is 11.4 Å². The fourth-order valence-electron chi connectivity index (χ4n) is 2.73. The molecule has 0 bridgehead atoms. The molecule has 102 valence electrons. The van der Waals surface area contributed by atoms with Gasteiger partial charge in [0, 0.05) is 31.0 Å². The minimum Gasteiger partial charge on any atom is -0.397 e. The smallest absolute Gasteiger partial charge is 0.227 e. The molecule has 0 aliphatic carbocycles. The number of para-hydroxylation sites is 1. The largest absolute Gasteiger partial charge is 0.397 e. The zero-order valence-corrected chi connectivity index (χ0v) is 11.2. The lowest BCUT2D eigenvalue weighted by atomic mass is 9.99. The summed E-state index contributed by atoms with van der Waals surface area (Å²) in [5.74, 6) is 0.518. The van der Waals surface area contributed by atoms with Gasteiger partial charge in [0.2, 0.25) is 5.91 Å². The molecule has 1 fully saturated rings. The number of carbonyl (C=O) groups excluding carboxylic acids is 1. The second kappa shape index (κ2) is 5.33. The van der Waals surface area contributed by atoms with Crippen LogP contribution in [-0.2, 0) is 11.2 Å². The maximum absolute atomic E-state index is 12.1. The Morgan fingerprint density at radius 2 is 2.05 bits per heavy atom. The molecule has 1 aliphatic heterocycles. The van der Waals surface area contributed by atoms with Gasteiger partial charge in [-0.05, 0) is 36.1 Å². The van der Waals surface area contributed by atoms with E-state index in [0.717, 1.165) is 24.2 Å². The Balaban J connectivity index is 1.71. The Labute approximate surface area is 118 Å².